The van der Waals surface area contributed by atoms with Gasteiger partial charge in [0.1, 0.15) is 10.8 Å². The number of pyridine rings is 1. The number of aromatic nitrogens is 1. The molecule has 1 aromatic heterocycles. The molecular weight excluding hydrogens is 269 g/mol. The van der Waals surface area contributed by atoms with Crippen molar-refractivity contribution in [3.8, 4) is 0 Å². The van der Waals surface area contributed by atoms with Crippen LogP contribution in [0.15, 0.2) is 12.1 Å². The fourth-order valence-corrected chi connectivity index (χ4v) is 1.67. The molecule has 0 saturated carbocycles. The van der Waals surface area contributed by atoms with Gasteiger partial charge in [-0.15, -0.1) is 0 Å². The second-order valence-electron chi connectivity index (χ2n) is 3.51. The minimum atomic E-state index is -4.57. The molecule has 0 aliphatic heterocycles. The number of halogens is 4. The van der Waals surface area contributed by atoms with Gasteiger partial charge in [-0.25, -0.2) is 4.98 Å². The van der Waals surface area contributed by atoms with Gasteiger partial charge in [0.15, 0.2) is 0 Å². The predicted molar refractivity (Wildman–Crippen MR) is 61.5 cm³/mol. The Morgan fingerprint density at radius 1 is 1.33 bits per heavy atom. The first-order chi connectivity index (χ1) is 8.31. The molecule has 18 heavy (non-hydrogen) atoms. The van der Waals surface area contributed by atoms with Gasteiger partial charge in [0.2, 0.25) is 0 Å². The Balaban J connectivity index is 3.10. The Bertz CT molecular complexity index is 444. The van der Waals surface area contributed by atoms with Crippen LogP contribution in [0.25, 0.3) is 0 Å². The van der Waals surface area contributed by atoms with Crippen molar-refractivity contribution in [1.82, 2.24) is 9.88 Å². The second kappa shape index (κ2) is 5.56. The normalized spacial score (nSPS) is 11.4. The third-order valence-corrected chi connectivity index (χ3v) is 2.71. The van der Waals surface area contributed by atoms with Gasteiger partial charge < -0.3 is 4.90 Å². The lowest BCUT2D eigenvalue weighted by atomic mass is 10.2. The Morgan fingerprint density at radius 3 is 2.28 bits per heavy atom. The van der Waals surface area contributed by atoms with Crippen LogP contribution in [0.4, 0.5) is 13.2 Å². The third kappa shape index (κ3) is 3.13. The lowest BCUT2D eigenvalue weighted by Crippen LogP contribution is -2.31. The summed E-state index contributed by atoms with van der Waals surface area (Å²) in [5.74, 6) is -0.425. The summed E-state index contributed by atoms with van der Waals surface area (Å²) in [5, 5.41) is -0.429. The van der Waals surface area contributed by atoms with Gasteiger partial charge in [-0.05, 0) is 26.0 Å². The number of nitrogens with zero attached hydrogens (tertiary/aromatic N) is 2. The largest absolute Gasteiger partial charge is 0.433 e. The molecule has 1 amide bonds. The topological polar surface area (TPSA) is 33.2 Å². The summed E-state index contributed by atoms with van der Waals surface area (Å²) in [4.78, 5) is 16.6. The number of amides is 1. The monoisotopic (exact) mass is 280 g/mol. The molecule has 0 unspecified atom stereocenters. The second-order valence-corrected chi connectivity index (χ2v) is 3.87. The molecule has 0 aliphatic carbocycles. The van der Waals surface area contributed by atoms with Crippen LogP contribution in [0, 0.1) is 0 Å². The highest BCUT2D eigenvalue weighted by molar-refractivity contribution is 6.32. The maximum absolute atomic E-state index is 12.4. The molecule has 0 bridgehead atoms. The summed E-state index contributed by atoms with van der Waals surface area (Å²) < 4.78 is 37.1. The number of hydrogen-bond acceptors (Lipinski definition) is 2. The van der Waals surface area contributed by atoms with E-state index < -0.39 is 22.9 Å². The van der Waals surface area contributed by atoms with Crippen LogP contribution >= 0.6 is 11.6 Å². The van der Waals surface area contributed by atoms with Gasteiger partial charge in [-0.1, -0.05) is 11.6 Å². The molecular formula is C11H12ClF3N2O. The van der Waals surface area contributed by atoms with Gasteiger partial charge in [0.05, 0.1) is 5.56 Å². The number of carbonyl (C=O) groups is 1. The Kier molecular flexibility index (Phi) is 4.56. The van der Waals surface area contributed by atoms with Crippen molar-refractivity contribution in [2.75, 3.05) is 13.1 Å². The summed E-state index contributed by atoms with van der Waals surface area (Å²) in [5.41, 5.74) is -1.13. The average Bonchev–Trinajstić information content (AvgIpc) is 2.29. The first-order valence-corrected chi connectivity index (χ1v) is 5.72. The van der Waals surface area contributed by atoms with Gasteiger partial charge in [0, 0.05) is 13.1 Å². The van der Waals surface area contributed by atoms with Gasteiger partial charge >= 0.3 is 6.18 Å². The maximum Gasteiger partial charge on any atom is 0.433 e. The smallest absolute Gasteiger partial charge is 0.339 e. The van der Waals surface area contributed by atoms with E-state index in [0.717, 1.165) is 12.1 Å². The fourth-order valence-electron chi connectivity index (χ4n) is 1.43. The zero-order valence-corrected chi connectivity index (χ0v) is 10.6. The maximum atomic E-state index is 12.4. The van der Waals surface area contributed by atoms with Crippen molar-refractivity contribution < 1.29 is 18.0 Å². The molecule has 0 atom stereocenters. The van der Waals surface area contributed by atoms with E-state index in [9.17, 15) is 18.0 Å². The lowest BCUT2D eigenvalue weighted by molar-refractivity contribution is -0.141. The van der Waals surface area contributed by atoms with E-state index >= 15 is 0 Å². The van der Waals surface area contributed by atoms with E-state index in [2.05, 4.69) is 4.98 Å². The van der Waals surface area contributed by atoms with Crippen LogP contribution in [0.1, 0.15) is 29.9 Å². The molecule has 0 aliphatic rings. The lowest BCUT2D eigenvalue weighted by Gasteiger charge is -2.19. The molecule has 0 saturated heterocycles. The molecule has 0 fully saturated rings. The molecule has 0 radical (unpaired) electrons. The van der Waals surface area contributed by atoms with Gasteiger partial charge in [-0.2, -0.15) is 13.2 Å². The Labute approximate surface area is 108 Å². The van der Waals surface area contributed by atoms with E-state index in [1.807, 2.05) is 0 Å². The van der Waals surface area contributed by atoms with E-state index in [-0.39, 0.29) is 5.56 Å². The standard InChI is InChI=1S/C11H12ClF3N2O/c1-3-17(4-2)10(18)7-5-6-8(11(13,14)15)16-9(7)12/h5-6H,3-4H2,1-2H3. The van der Waals surface area contributed by atoms with Crippen molar-refractivity contribution in [2.24, 2.45) is 0 Å². The summed E-state index contributed by atoms with van der Waals surface area (Å²) >= 11 is 5.63. The average molecular weight is 281 g/mol. The van der Waals surface area contributed by atoms with Gasteiger partial charge in [0.25, 0.3) is 5.91 Å². The van der Waals surface area contributed by atoms with Crippen LogP contribution in [0.2, 0.25) is 5.15 Å². The van der Waals surface area contributed by atoms with Crippen LogP contribution in [-0.4, -0.2) is 28.9 Å². The summed E-state index contributed by atoms with van der Waals surface area (Å²) in [6.07, 6.45) is -4.57. The van der Waals surface area contributed by atoms with Crippen LogP contribution in [-0.2, 0) is 6.18 Å². The number of hydrogen-bond donors (Lipinski definition) is 0. The summed E-state index contributed by atoms with van der Waals surface area (Å²) in [6.45, 7) is 4.44. The Hall–Kier alpha value is -1.30. The van der Waals surface area contributed by atoms with Crippen molar-refractivity contribution in [3.63, 3.8) is 0 Å². The number of rotatable bonds is 3. The highest BCUT2D eigenvalue weighted by Crippen LogP contribution is 2.29. The molecule has 7 heteroatoms. The van der Waals surface area contributed by atoms with Crippen molar-refractivity contribution >= 4 is 17.5 Å². The zero-order valence-electron chi connectivity index (χ0n) is 9.88. The van der Waals surface area contributed by atoms with Crippen molar-refractivity contribution in [3.05, 3.63) is 28.5 Å². The molecule has 1 heterocycles. The minimum absolute atomic E-state index is 0.0200. The first kappa shape index (κ1) is 14.8. The van der Waals surface area contributed by atoms with Gasteiger partial charge in [-0.3, -0.25) is 4.79 Å². The molecule has 0 spiro atoms. The quantitative estimate of drug-likeness (QED) is 0.797. The SMILES string of the molecule is CCN(CC)C(=O)c1ccc(C(F)(F)F)nc1Cl. The number of carbonyl (C=O) groups excluding carboxylic acids is 1. The van der Waals surface area contributed by atoms with Crippen LogP contribution in [0.5, 0.6) is 0 Å². The minimum Gasteiger partial charge on any atom is -0.339 e. The molecule has 3 nitrogen and oxygen atoms in total. The van der Waals surface area contributed by atoms with E-state index in [1.165, 1.54) is 4.90 Å². The predicted octanol–water partition coefficient (Wildman–Crippen LogP) is 3.24. The van der Waals surface area contributed by atoms with Crippen LogP contribution < -0.4 is 0 Å². The van der Waals surface area contributed by atoms with Crippen molar-refractivity contribution in [2.45, 2.75) is 20.0 Å². The summed E-state index contributed by atoms with van der Waals surface area (Å²) in [6, 6.07) is 1.81. The van der Waals surface area contributed by atoms with E-state index in [4.69, 9.17) is 11.6 Å². The molecule has 1 rings (SSSR count). The van der Waals surface area contributed by atoms with E-state index in [0.29, 0.717) is 13.1 Å². The van der Waals surface area contributed by atoms with Crippen molar-refractivity contribution in [1.29, 1.82) is 0 Å². The first-order valence-electron chi connectivity index (χ1n) is 5.34. The third-order valence-electron chi connectivity index (χ3n) is 2.42. The Morgan fingerprint density at radius 2 is 1.89 bits per heavy atom. The molecule has 0 N–H and O–H groups in total. The number of alkyl halides is 3. The van der Waals surface area contributed by atoms with E-state index in [1.54, 1.807) is 13.8 Å². The molecule has 100 valence electrons. The molecule has 0 aromatic carbocycles. The zero-order chi connectivity index (χ0) is 13.9. The van der Waals surface area contributed by atoms with Crippen LogP contribution in [0.3, 0.4) is 0 Å². The highest BCUT2D eigenvalue weighted by atomic mass is 35.5. The summed E-state index contributed by atoms with van der Waals surface area (Å²) in [7, 11) is 0. The molecule has 1 aromatic rings. The highest BCUT2D eigenvalue weighted by Gasteiger charge is 2.33. The fraction of sp³-hybridized carbons (Fsp3) is 0.455.